The van der Waals surface area contributed by atoms with Crippen LogP contribution in [0.3, 0.4) is 0 Å². The molecule has 0 spiro atoms. The van der Waals surface area contributed by atoms with E-state index in [-0.39, 0.29) is 10.8 Å². The highest BCUT2D eigenvalue weighted by Gasteiger charge is 2.25. The van der Waals surface area contributed by atoms with Crippen LogP contribution in [0.1, 0.15) is 23.2 Å². The normalized spacial score (nSPS) is 14.7. The van der Waals surface area contributed by atoms with Crippen molar-refractivity contribution in [2.24, 2.45) is 0 Å². The van der Waals surface area contributed by atoms with Crippen molar-refractivity contribution >= 4 is 44.5 Å². The Morgan fingerprint density at radius 2 is 2.24 bits per heavy atom. The third kappa shape index (κ3) is 2.62. The van der Waals surface area contributed by atoms with Crippen LogP contribution in [-0.4, -0.2) is 22.2 Å². The summed E-state index contributed by atoms with van der Waals surface area (Å²) in [7, 11) is 0. The smallest absolute Gasteiger partial charge is 0.317 e. The quantitative estimate of drug-likeness (QED) is 0.620. The van der Waals surface area contributed by atoms with Gasteiger partial charge in [-0.25, -0.2) is 4.98 Å². The minimum absolute atomic E-state index is 0.0175. The molecule has 0 fully saturated rings. The van der Waals surface area contributed by atoms with Crippen molar-refractivity contribution in [3.05, 3.63) is 45.1 Å². The fourth-order valence-corrected chi connectivity index (χ4v) is 3.23. The first-order chi connectivity index (χ1) is 10.1. The van der Waals surface area contributed by atoms with Crippen LogP contribution in [0.5, 0.6) is 0 Å². The maximum Gasteiger partial charge on any atom is 0.345 e. The third-order valence-corrected chi connectivity index (χ3v) is 4.43. The number of ketones is 1. The summed E-state index contributed by atoms with van der Waals surface area (Å²) < 4.78 is 0. The van der Waals surface area contributed by atoms with E-state index in [1.807, 2.05) is 4.90 Å². The summed E-state index contributed by atoms with van der Waals surface area (Å²) in [5.41, 5.74) is 1.24. The van der Waals surface area contributed by atoms with Crippen LogP contribution in [0, 0.1) is 10.1 Å². The standard InChI is InChI=1S/C13H10ClN3O3S/c14-8-3-4-10-9(6-8)11(18)2-1-5-16(10)13-15-7-12(21-13)17(19)20/h3-4,6-7H,1-2,5H2. The Morgan fingerprint density at radius 1 is 1.43 bits per heavy atom. The molecule has 0 aliphatic carbocycles. The Kier molecular flexibility index (Phi) is 3.60. The highest BCUT2D eigenvalue weighted by Crippen LogP contribution is 2.37. The number of benzene rings is 1. The van der Waals surface area contributed by atoms with E-state index < -0.39 is 4.92 Å². The minimum Gasteiger partial charge on any atom is -0.317 e. The van der Waals surface area contributed by atoms with Gasteiger partial charge in [0.05, 0.1) is 10.6 Å². The summed E-state index contributed by atoms with van der Waals surface area (Å²) in [6.45, 7) is 0.588. The van der Waals surface area contributed by atoms with Gasteiger partial charge in [-0.05, 0) is 36.0 Å². The van der Waals surface area contributed by atoms with Gasteiger partial charge in [0.25, 0.3) is 0 Å². The highest BCUT2D eigenvalue weighted by molar-refractivity contribution is 7.18. The molecule has 1 aromatic carbocycles. The number of anilines is 2. The minimum atomic E-state index is -0.465. The first kappa shape index (κ1) is 14.0. The molecule has 8 heteroatoms. The molecule has 2 aromatic rings. The second-order valence-corrected chi connectivity index (χ2v) is 6.00. The lowest BCUT2D eigenvalue weighted by Gasteiger charge is -2.21. The number of fused-ring (bicyclic) bond motifs is 1. The molecule has 1 aromatic heterocycles. The number of thiazole rings is 1. The van der Waals surface area contributed by atoms with E-state index in [4.69, 9.17) is 11.6 Å². The van der Waals surface area contributed by atoms with Crippen molar-refractivity contribution < 1.29 is 9.72 Å². The summed E-state index contributed by atoms with van der Waals surface area (Å²) in [6, 6.07) is 5.10. The zero-order chi connectivity index (χ0) is 15.0. The third-order valence-electron chi connectivity index (χ3n) is 3.23. The summed E-state index contributed by atoms with van der Waals surface area (Å²) in [5.74, 6) is 0.0288. The van der Waals surface area contributed by atoms with E-state index in [2.05, 4.69) is 4.98 Å². The molecule has 6 nitrogen and oxygen atoms in total. The zero-order valence-electron chi connectivity index (χ0n) is 10.8. The van der Waals surface area contributed by atoms with E-state index in [0.29, 0.717) is 40.8 Å². The summed E-state index contributed by atoms with van der Waals surface area (Å²) in [6.07, 6.45) is 2.33. The number of hydrogen-bond acceptors (Lipinski definition) is 6. The topological polar surface area (TPSA) is 76.3 Å². The van der Waals surface area contributed by atoms with Crippen LogP contribution in [0.2, 0.25) is 5.02 Å². The van der Waals surface area contributed by atoms with Crippen molar-refractivity contribution in [3.8, 4) is 0 Å². The number of aromatic nitrogens is 1. The highest BCUT2D eigenvalue weighted by atomic mass is 35.5. The molecular weight excluding hydrogens is 314 g/mol. The van der Waals surface area contributed by atoms with Crippen LogP contribution in [-0.2, 0) is 0 Å². The SMILES string of the molecule is O=C1CCCN(c2ncc([N+](=O)[O-])s2)c2ccc(Cl)cc21. The number of carbonyl (C=O) groups excluding carboxylic acids is 1. The van der Waals surface area contributed by atoms with Gasteiger partial charge < -0.3 is 4.90 Å². The van der Waals surface area contributed by atoms with E-state index >= 15 is 0 Å². The molecule has 0 amide bonds. The molecule has 0 saturated carbocycles. The van der Waals surface area contributed by atoms with Gasteiger partial charge in [0.1, 0.15) is 6.20 Å². The molecule has 108 valence electrons. The lowest BCUT2D eigenvalue weighted by Crippen LogP contribution is -2.17. The molecule has 0 bridgehead atoms. The fourth-order valence-electron chi connectivity index (χ4n) is 2.28. The van der Waals surface area contributed by atoms with Crippen LogP contribution >= 0.6 is 22.9 Å². The van der Waals surface area contributed by atoms with Gasteiger partial charge in [0, 0.05) is 23.6 Å². The predicted molar refractivity (Wildman–Crippen MR) is 80.8 cm³/mol. The zero-order valence-corrected chi connectivity index (χ0v) is 12.4. The van der Waals surface area contributed by atoms with Crippen molar-refractivity contribution in [3.63, 3.8) is 0 Å². The van der Waals surface area contributed by atoms with Gasteiger partial charge in [-0.2, -0.15) is 0 Å². The Labute approximate surface area is 129 Å². The van der Waals surface area contributed by atoms with Gasteiger partial charge in [-0.1, -0.05) is 11.6 Å². The van der Waals surface area contributed by atoms with Crippen molar-refractivity contribution in [1.29, 1.82) is 0 Å². The van der Waals surface area contributed by atoms with E-state index in [9.17, 15) is 14.9 Å². The molecule has 0 unspecified atom stereocenters. The van der Waals surface area contributed by atoms with Crippen molar-refractivity contribution in [2.45, 2.75) is 12.8 Å². The van der Waals surface area contributed by atoms with E-state index in [1.54, 1.807) is 18.2 Å². The Morgan fingerprint density at radius 3 is 2.95 bits per heavy atom. The number of hydrogen-bond donors (Lipinski definition) is 0. The Balaban J connectivity index is 2.08. The Hall–Kier alpha value is -1.99. The first-order valence-electron chi connectivity index (χ1n) is 6.27. The second-order valence-electron chi connectivity index (χ2n) is 4.58. The molecule has 2 heterocycles. The number of halogens is 1. The number of nitro groups is 1. The molecule has 21 heavy (non-hydrogen) atoms. The fraction of sp³-hybridized carbons (Fsp3) is 0.231. The van der Waals surface area contributed by atoms with E-state index in [1.165, 1.54) is 6.20 Å². The van der Waals surface area contributed by atoms with E-state index in [0.717, 1.165) is 11.3 Å². The summed E-state index contributed by atoms with van der Waals surface area (Å²) in [5, 5.41) is 11.8. The lowest BCUT2D eigenvalue weighted by atomic mass is 10.1. The monoisotopic (exact) mass is 323 g/mol. The molecular formula is C13H10ClN3O3S. The molecule has 3 rings (SSSR count). The number of nitrogens with zero attached hydrogens (tertiary/aromatic N) is 3. The van der Waals surface area contributed by atoms with Crippen molar-refractivity contribution in [1.82, 2.24) is 4.98 Å². The molecule has 1 aliphatic heterocycles. The van der Waals surface area contributed by atoms with Crippen LogP contribution in [0.25, 0.3) is 0 Å². The maximum absolute atomic E-state index is 12.1. The molecule has 0 atom stereocenters. The van der Waals surface area contributed by atoms with Gasteiger partial charge in [-0.3, -0.25) is 14.9 Å². The van der Waals surface area contributed by atoms with Gasteiger partial charge in [0.15, 0.2) is 10.9 Å². The second kappa shape index (κ2) is 5.42. The van der Waals surface area contributed by atoms with Gasteiger partial charge >= 0.3 is 5.00 Å². The molecule has 0 saturated heterocycles. The predicted octanol–water partition coefficient (Wildman–Crippen LogP) is 3.82. The summed E-state index contributed by atoms with van der Waals surface area (Å²) in [4.78, 5) is 28.4. The first-order valence-corrected chi connectivity index (χ1v) is 7.46. The largest absolute Gasteiger partial charge is 0.345 e. The average molecular weight is 324 g/mol. The average Bonchev–Trinajstić information content (AvgIpc) is 2.88. The van der Waals surface area contributed by atoms with Gasteiger partial charge in [0.2, 0.25) is 0 Å². The number of rotatable bonds is 2. The van der Waals surface area contributed by atoms with Crippen LogP contribution in [0.4, 0.5) is 15.8 Å². The van der Waals surface area contributed by atoms with Crippen molar-refractivity contribution in [2.75, 3.05) is 11.4 Å². The molecule has 1 aliphatic rings. The Bertz CT molecular complexity index is 731. The maximum atomic E-state index is 12.1. The van der Waals surface area contributed by atoms with Crippen LogP contribution in [0.15, 0.2) is 24.4 Å². The van der Waals surface area contributed by atoms with Crippen LogP contribution < -0.4 is 4.90 Å². The molecule has 0 radical (unpaired) electrons. The summed E-state index contributed by atoms with van der Waals surface area (Å²) >= 11 is 6.96. The lowest BCUT2D eigenvalue weighted by molar-refractivity contribution is -0.380. The van der Waals surface area contributed by atoms with Gasteiger partial charge in [-0.15, -0.1) is 0 Å². The number of Topliss-reactive ketones (excluding diaryl/α,β-unsaturated/α-hetero) is 1. The molecule has 0 N–H and O–H groups in total. The number of carbonyl (C=O) groups is 1.